The maximum absolute atomic E-state index is 10.7. The Balaban J connectivity index is 3.12. The van der Waals surface area contributed by atoms with E-state index < -0.39 is 17.9 Å². The zero-order chi connectivity index (χ0) is 11.6. The minimum atomic E-state index is -1.13. The van der Waals surface area contributed by atoms with Crippen molar-refractivity contribution in [1.82, 2.24) is 0 Å². The van der Waals surface area contributed by atoms with Crippen LogP contribution >= 0.6 is 11.6 Å². The van der Waals surface area contributed by atoms with E-state index in [0.717, 1.165) is 0 Å². The third kappa shape index (κ3) is 2.47. The fraction of sp³-hybridized carbons (Fsp3) is 0.200. The third-order valence-corrected chi connectivity index (χ3v) is 2.41. The van der Waals surface area contributed by atoms with Gasteiger partial charge in [0.2, 0.25) is 0 Å². The van der Waals surface area contributed by atoms with E-state index in [-0.39, 0.29) is 10.6 Å². The van der Waals surface area contributed by atoms with Gasteiger partial charge in [-0.3, -0.25) is 4.79 Å². The van der Waals surface area contributed by atoms with Gasteiger partial charge in [0, 0.05) is 0 Å². The second kappa shape index (κ2) is 4.31. The number of halogens is 1. The van der Waals surface area contributed by atoms with Gasteiger partial charge in [0.15, 0.2) is 0 Å². The molecular formula is C10H9ClO4. The van der Waals surface area contributed by atoms with E-state index in [0.29, 0.717) is 5.56 Å². The van der Waals surface area contributed by atoms with Crippen molar-refractivity contribution in [3.05, 3.63) is 34.3 Å². The van der Waals surface area contributed by atoms with E-state index in [1.165, 1.54) is 25.1 Å². The van der Waals surface area contributed by atoms with E-state index in [2.05, 4.69) is 0 Å². The van der Waals surface area contributed by atoms with Crippen LogP contribution in [-0.4, -0.2) is 22.2 Å². The molecule has 0 heterocycles. The van der Waals surface area contributed by atoms with Crippen LogP contribution in [0.25, 0.3) is 0 Å². The van der Waals surface area contributed by atoms with Crippen LogP contribution in [-0.2, 0) is 4.79 Å². The molecule has 4 nitrogen and oxygen atoms in total. The molecule has 80 valence electrons. The van der Waals surface area contributed by atoms with Crippen molar-refractivity contribution in [2.24, 2.45) is 0 Å². The first-order chi connectivity index (χ1) is 6.93. The van der Waals surface area contributed by atoms with Crippen LogP contribution in [0.15, 0.2) is 18.2 Å². The van der Waals surface area contributed by atoms with Crippen LogP contribution in [0.1, 0.15) is 28.8 Å². The summed E-state index contributed by atoms with van der Waals surface area (Å²) in [7, 11) is 0. The standard InChI is InChI=1S/C10H9ClO4/c1-5(9(12)13)6-2-3-7(10(14)15)8(11)4-6/h2-5H,1H3,(H,12,13)(H,14,15). The van der Waals surface area contributed by atoms with E-state index in [9.17, 15) is 9.59 Å². The Bertz CT molecular complexity index is 414. The van der Waals surface area contributed by atoms with Gasteiger partial charge in [-0.1, -0.05) is 17.7 Å². The molecular weight excluding hydrogens is 220 g/mol. The molecule has 1 atom stereocenters. The van der Waals surface area contributed by atoms with Gasteiger partial charge < -0.3 is 10.2 Å². The molecule has 0 saturated carbocycles. The molecule has 0 aliphatic rings. The Morgan fingerprint density at radius 1 is 1.33 bits per heavy atom. The maximum atomic E-state index is 10.7. The molecule has 2 N–H and O–H groups in total. The highest BCUT2D eigenvalue weighted by Gasteiger charge is 2.16. The van der Waals surface area contributed by atoms with Crippen molar-refractivity contribution >= 4 is 23.5 Å². The van der Waals surface area contributed by atoms with E-state index in [1.54, 1.807) is 0 Å². The lowest BCUT2D eigenvalue weighted by Gasteiger charge is -2.07. The first-order valence-corrected chi connectivity index (χ1v) is 4.57. The summed E-state index contributed by atoms with van der Waals surface area (Å²) in [6, 6.07) is 4.12. The summed E-state index contributed by atoms with van der Waals surface area (Å²) in [4.78, 5) is 21.3. The van der Waals surface area contributed by atoms with Gasteiger partial charge in [-0.2, -0.15) is 0 Å². The molecule has 0 aromatic heterocycles. The molecule has 0 amide bonds. The number of hydrogen-bond donors (Lipinski definition) is 2. The summed E-state index contributed by atoms with van der Waals surface area (Å²) < 4.78 is 0. The van der Waals surface area contributed by atoms with Crippen molar-refractivity contribution in [3.8, 4) is 0 Å². The molecule has 0 radical (unpaired) electrons. The molecule has 1 unspecified atom stereocenters. The van der Waals surface area contributed by atoms with Gasteiger partial charge in [-0.25, -0.2) is 4.79 Å². The Hall–Kier alpha value is -1.55. The second-order valence-electron chi connectivity index (χ2n) is 3.10. The minimum absolute atomic E-state index is 0.0296. The summed E-state index contributed by atoms with van der Waals surface area (Å²) in [5, 5.41) is 17.5. The molecule has 1 aromatic carbocycles. The Kier molecular flexibility index (Phi) is 3.31. The van der Waals surface area contributed by atoms with E-state index in [4.69, 9.17) is 21.8 Å². The Morgan fingerprint density at radius 2 is 1.93 bits per heavy atom. The van der Waals surface area contributed by atoms with Gasteiger partial charge in [-0.05, 0) is 24.6 Å². The largest absolute Gasteiger partial charge is 0.481 e. The normalized spacial score (nSPS) is 12.1. The molecule has 0 bridgehead atoms. The number of carboxylic acids is 2. The zero-order valence-corrected chi connectivity index (χ0v) is 8.65. The fourth-order valence-corrected chi connectivity index (χ4v) is 1.39. The molecule has 0 aliphatic carbocycles. The predicted molar refractivity (Wildman–Crippen MR) is 54.5 cm³/mol. The highest BCUT2D eigenvalue weighted by atomic mass is 35.5. The lowest BCUT2D eigenvalue weighted by atomic mass is 10.00. The van der Waals surface area contributed by atoms with Gasteiger partial charge in [0.25, 0.3) is 0 Å². The lowest BCUT2D eigenvalue weighted by molar-refractivity contribution is -0.138. The summed E-state index contributed by atoms with van der Waals surface area (Å²) in [5.74, 6) is -2.81. The Labute approximate surface area is 91.1 Å². The van der Waals surface area contributed by atoms with Crippen molar-refractivity contribution in [3.63, 3.8) is 0 Å². The first-order valence-electron chi connectivity index (χ1n) is 4.19. The average Bonchev–Trinajstić information content (AvgIpc) is 2.15. The van der Waals surface area contributed by atoms with Gasteiger partial charge in [0.05, 0.1) is 16.5 Å². The quantitative estimate of drug-likeness (QED) is 0.832. The van der Waals surface area contributed by atoms with Crippen LogP contribution in [0.2, 0.25) is 5.02 Å². The highest BCUT2D eigenvalue weighted by Crippen LogP contribution is 2.23. The number of rotatable bonds is 3. The fourth-order valence-electron chi connectivity index (χ4n) is 1.12. The van der Waals surface area contributed by atoms with Crippen molar-refractivity contribution in [2.45, 2.75) is 12.8 Å². The number of aromatic carboxylic acids is 1. The van der Waals surface area contributed by atoms with E-state index in [1.807, 2.05) is 0 Å². The lowest BCUT2D eigenvalue weighted by Crippen LogP contribution is -2.08. The van der Waals surface area contributed by atoms with Gasteiger partial charge >= 0.3 is 11.9 Å². The summed E-state index contributed by atoms with van der Waals surface area (Å²) in [6.45, 7) is 1.51. The van der Waals surface area contributed by atoms with Crippen molar-refractivity contribution in [2.75, 3.05) is 0 Å². The maximum Gasteiger partial charge on any atom is 0.337 e. The van der Waals surface area contributed by atoms with Gasteiger partial charge in [0.1, 0.15) is 0 Å². The van der Waals surface area contributed by atoms with Crippen LogP contribution in [0.3, 0.4) is 0 Å². The molecule has 0 aliphatic heterocycles. The molecule has 1 rings (SSSR count). The molecule has 0 spiro atoms. The number of carbonyl (C=O) groups is 2. The van der Waals surface area contributed by atoms with Crippen LogP contribution in [0.5, 0.6) is 0 Å². The first kappa shape index (κ1) is 11.5. The van der Waals surface area contributed by atoms with Crippen molar-refractivity contribution in [1.29, 1.82) is 0 Å². The van der Waals surface area contributed by atoms with Crippen LogP contribution in [0.4, 0.5) is 0 Å². The number of carboxylic acid groups (broad SMARTS) is 2. The topological polar surface area (TPSA) is 74.6 Å². The monoisotopic (exact) mass is 228 g/mol. The van der Waals surface area contributed by atoms with Crippen molar-refractivity contribution < 1.29 is 19.8 Å². The molecule has 0 saturated heterocycles. The molecule has 0 fully saturated rings. The Morgan fingerprint density at radius 3 is 2.33 bits per heavy atom. The second-order valence-corrected chi connectivity index (χ2v) is 3.51. The minimum Gasteiger partial charge on any atom is -0.481 e. The number of hydrogen-bond acceptors (Lipinski definition) is 2. The smallest absolute Gasteiger partial charge is 0.337 e. The summed E-state index contributed by atoms with van der Waals surface area (Å²) >= 11 is 5.70. The average molecular weight is 229 g/mol. The SMILES string of the molecule is CC(C(=O)O)c1ccc(C(=O)O)c(Cl)c1. The summed E-state index contributed by atoms with van der Waals surface area (Å²) in [5.41, 5.74) is 0.454. The molecule has 1 aromatic rings. The highest BCUT2D eigenvalue weighted by molar-refractivity contribution is 6.33. The third-order valence-electron chi connectivity index (χ3n) is 2.09. The van der Waals surface area contributed by atoms with E-state index >= 15 is 0 Å². The molecule has 15 heavy (non-hydrogen) atoms. The number of aliphatic carboxylic acids is 1. The van der Waals surface area contributed by atoms with Crippen LogP contribution in [0, 0.1) is 0 Å². The summed E-state index contributed by atoms with van der Waals surface area (Å²) in [6.07, 6.45) is 0. The molecule has 5 heteroatoms. The van der Waals surface area contributed by atoms with Gasteiger partial charge in [-0.15, -0.1) is 0 Å². The zero-order valence-electron chi connectivity index (χ0n) is 7.90. The predicted octanol–water partition coefficient (Wildman–Crippen LogP) is 2.23. The van der Waals surface area contributed by atoms with Crippen LogP contribution < -0.4 is 0 Å². The number of benzene rings is 1.